The molecule has 7 nitrogen and oxygen atoms in total. The summed E-state index contributed by atoms with van der Waals surface area (Å²) in [5.41, 5.74) is 0.850. The maximum atomic E-state index is 13.9. The van der Waals surface area contributed by atoms with Crippen molar-refractivity contribution in [3.63, 3.8) is 0 Å². The summed E-state index contributed by atoms with van der Waals surface area (Å²) in [5, 5.41) is 6.80. The van der Waals surface area contributed by atoms with Crippen LogP contribution in [0.25, 0.3) is 0 Å². The molecule has 4 N–H and O–H groups in total. The molecule has 27 heavy (non-hydrogen) atoms. The highest BCUT2D eigenvalue weighted by molar-refractivity contribution is 7.89. The van der Waals surface area contributed by atoms with Crippen LogP contribution >= 0.6 is 0 Å². The Hall–Kier alpha value is -2.62. The molecule has 9 heteroatoms. The summed E-state index contributed by atoms with van der Waals surface area (Å²) >= 11 is 0. The number of halogens is 1. The van der Waals surface area contributed by atoms with Crippen molar-refractivity contribution in [2.24, 2.45) is 5.14 Å². The van der Waals surface area contributed by atoms with Crippen LogP contribution in [0, 0.1) is 5.82 Å². The minimum Gasteiger partial charge on any atom is -0.335 e. The third-order valence-electron chi connectivity index (χ3n) is 4.41. The molecule has 3 rings (SSSR count). The Morgan fingerprint density at radius 3 is 2.41 bits per heavy atom. The SMILES string of the molecule is NS(=O)(=O)c1ccc(CC[NH2+][C@@H]2CC(=O)N(c3ccccc3F)C2=O)cc1. The fraction of sp³-hybridized carbons (Fsp3) is 0.222. The molecule has 2 amide bonds. The summed E-state index contributed by atoms with van der Waals surface area (Å²) in [6.45, 7) is 0.517. The lowest BCUT2D eigenvalue weighted by molar-refractivity contribution is -0.674. The first kappa shape index (κ1) is 19.2. The van der Waals surface area contributed by atoms with Gasteiger partial charge >= 0.3 is 0 Å². The number of nitrogens with two attached hydrogens (primary N) is 2. The van der Waals surface area contributed by atoms with Crippen molar-refractivity contribution >= 4 is 27.5 Å². The number of benzene rings is 2. The molecule has 1 saturated heterocycles. The number of hydrogen-bond acceptors (Lipinski definition) is 4. The average molecular weight is 392 g/mol. The summed E-state index contributed by atoms with van der Waals surface area (Å²) < 4.78 is 36.4. The number of imide groups is 1. The standard InChI is InChI=1S/C18H18FN3O4S/c19-14-3-1-2-4-16(14)22-17(23)11-15(18(22)24)21-10-9-12-5-7-13(8-6-12)27(20,25)26/h1-8,15,21H,9-11H2,(H2,20,25,26)/p+1/t15-/m1/s1. The van der Waals surface area contributed by atoms with Gasteiger partial charge in [0.05, 0.1) is 23.5 Å². The van der Waals surface area contributed by atoms with E-state index in [2.05, 4.69) is 0 Å². The molecule has 1 fully saturated rings. The van der Waals surface area contributed by atoms with Gasteiger partial charge < -0.3 is 5.32 Å². The van der Waals surface area contributed by atoms with Crippen LogP contribution in [0.5, 0.6) is 0 Å². The van der Waals surface area contributed by atoms with Gasteiger partial charge in [-0.3, -0.25) is 9.59 Å². The zero-order chi connectivity index (χ0) is 19.6. The minimum atomic E-state index is -3.73. The summed E-state index contributed by atoms with van der Waals surface area (Å²) in [6, 6.07) is 11.2. The van der Waals surface area contributed by atoms with Crippen molar-refractivity contribution < 1.29 is 27.7 Å². The Morgan fingerprint density at radius 2 is 1.78 bits per heavy atom. The molecule has 0 spiro atoms. The molecule has 1 aliphatic rings. The first-order chi connectivity index (χ1) is 12.8. The molecule has 2 aromatic rings. The number of amides is 2. The van der Waals surface area contributed by atoms with Gasteiger partial charge in [-0.1, -0.05) is 24.3 Å². The topological polar surface area (TPSA) is 114 Å². The number of quaternary nitrogens is 1. The van der Waals surface area contributed by atoms with Crippen LogP contribution in [0.3, 0.4) is 0 Å². The maximum absolute atomic E-state index is 13.9. The van der Waals surface area contributed by atoms with Crippen LogP contribution in [0.4, 0.5) is 10.1 Å². The Bertz CT molecular complexity index is 976. The Morgan fingerprint density at radius 1 is 1.11 bits per heavy atom. The second kappa shape index (κ2) is 7.55. The lowest BCUT2D eigenvalue weighted by Gasteiger charge is -2.14. The fourth-order valence-electron chi connectivity index (χ4n) is 3.02. The van der Waals surface area contributed by atoms with Crippen molar-refractivity contribution in [3.8, 4) is 0 Å². The number of carbonyl (C=O) groups is 2. The van der Waals surface area contributed by atoms with Crippen LogP contribution in [-0.2, 0) is 26.0 Å². The maximum Gasteiger partial charge on any atom is 0.292 e. The number of anilines is 1. The van der Waals surface area contributed by atoms with Gasteiger partial charge in [-0.25, -0.2) is 22.8 Å². The molecule has 0 aliphatic carbocycles. The van der Waals surface area contributed by atoms with Crippen molar-refractivity contribution in [2.45, 2.75) is 23.8 Å². The van der Waals surface area contributed by atoms with Gasteiger partial charge in [-0.05, 0) is 29.8 Å². The largest absolute Gasteiger partial charge is 0.335 e. The molecule has 142 valence electrons. The van der Waals surface area contributed by atoms with Gasteiger partial charge in [0.25, 0.3) is 5.91 Å². The van der Waals surface area contributed by atoms with Gasteiger partial charge in [-0.15, -0.1) is 0 Å². The van der Waals surface area contributed by atoms with Gasteiger partial charge in [0.2, 0.25) is 15.9 Å². The van der Waals surface area contributed by atoms with Crippen molar-refractivity contribution in [1.29, 1.82) is 0 Å². The molecule has 2 aromatic carbocycles. The van der Waals surface area contributed by atoms with Gasteiger partial charge in [-0.2, -0.15) is 0 Å². The fourth-order valence-corrected chi connectivity index (χ4v) is 3.54. The highest BCUT2D eigenvalue weighted by Crippen LogP contribution is 2.24. The predicted octanol–water partition coefficient (Wildman–Crippen LogP) is -0.0889. The number of hydrogen-bond donors (Lipinski definition) is 2. The predicted molar refractivity (Wildman–Crippen MR) is 95.6 cm³/mol. The van der Waals surface area contributed by atoms with Gasteiger partial charge in [0.1, 0.15) is 5.82 Å². The minimum absolute atomic E-state index is 0.0114. The lowest BCUT2D eigenvalue weighted by atomic mass is 10.1. The van der Waals surface area contributed by atoms with Crippen molar-refractivity contribution in [1.82, 2.24) is 0 Å². The molecular formula is C18H19FN3O4S+. The molecule has 0 aromatic heterocycles. The van der Waals surface area contributed by atoms with Gasteiger partial charge in [0, 0.05) is 6.42 Å². The molecule has 0 saturated carbocycles. The number of sulfonamides is 1. The van der Waals surface area contributed by atoms with E-state index in [9.17, 15) is 22.4 Å². The Balaban J connectivity index is 1.60. The normalized spacial score (nSPS) is 17.6. The molecule has 1 aliphatic heterocycles. The van der Waals surface area contributed by atoms with Gasteiger partial charge in [0.15, 0.2) is 6.04 Å². The molecule has 0 unspecified atom stereocenters. The Labute approximate surface area is 156 Å². The highest BCUT2D eigenvalue weighted by Gasteiger charge is 2.42. The van der Waals surface area contributed by atoms with Crippen LogP contribution in [0.1, 0.15) is 12.0 Å². The van der Waals surface area contributed by atoms with E-state index in [4.69, 9.17) is 5.14 Å². The third kappa shape index (κ3) is 4.21. The van der Waals surface area contributed by atoms with Crippen LogP contribution < -0.4 is 15.4 Å². The Kier molecular flexibility index (Phi) is 5.36. The summed E-state index contributed by atoms with van der Waals surface area (Å²) in [4.78, 5) is 25.6. The van der Waals surface area contributed by atoms with Crippen LogP contribution in [0.2, 0.25) is 0 Å². The first-order valence-corrected chi connectivity index (χ1v) is 9.88. The number of nitrogens with zero attached hydrogens (tertiary/aromatic N) is 1. The molecule has 0 bridgehead atoms. The second-order valence-electron chi connectivity index (χ2n) is 6.29. The van der Waals surface area contributed by atoms with E-state index >= 15 is 0 Å². The highest BCUT2D eigenvalue weighted by atomic mass is 32.2. The number of para-hydroxylation sites is 1. The smallest absolute Gasteiger partial charge is 0.292 e. The number of rotatable bonds is 6. The lowest BCUT2D eigenvalue weighted by Crippen LogP contribution is -2.92. The number of primary sulfonamides is 1. The van der Waals surface area contributed by atoms with Crippen LogP contribution in [-0.4, -0.2) is 32.8 Å². The van der Waals surface area contributed by atoms with E-state index in [1.165, 1.54) is 30.3 Å². The second-order valence-corrected chi connectivity index (χ2v) is 7.85. The number of carbonyl (C=O) groups excluding carboxylic acids is 2. The molecule has 1 atom stereocenters. The zero-order valence-corrected chi connectivity index (χ0v) is 15.2. The first-order valence-electron chi connectivity index (χ1n) is 8.34. The van der Waals surface area contributed by atoms with E-state index in [1.807, 2.05) is 0 Å². The quantitative estimate of drug-likeness (QED) is 0.669. The van der Waals surface area contributed by atoms with Crippen molar-refractivity contribution in [3.05, 3.63) is 59.9 Å². The molecular weight excluding hydrogens is 373 g/mol. The third-order valence-corrected chi connectivity index (χ3v) is 5.34. The van der Waals surface area contributed by atoms with Crippen LogP contribution in [0.15, 0.2) is 53.4 Å². The molecule has 0 radical (unpaired) electrons. The van der Waals surface area contributed by atoms with E-state index in [-0.39, 0.29) is 17.0 Å². The average Bonchev–Trinajstić information content (AvgIpc) is 2.89. The summed E-state index contributed by atoms with van der Waals surface area (Å²) in [7, 11) is -3.73. The van der Waals surface area contributed by atoms with E-state index in [0.717, 1.165) is 10.5 Å². The summed E-state index contributed by atoms with van der Waals surface area (Å²) in [6.07, 6.45) is 0.583. The summed E-state index contributed by atoms with van der Waals surface area (Å²) in [5.74, 6) is -1.48. The van der Waals surface area contributed by atoms with E-state index < -0.39 is 33.7 Å². The monoisotopic (exact) mass is 392 g/mol. The van der Waals surface area contributed by atoms with Crippen molar-refractivity contribution in [2.75, 3.05) is 11.4 Å². The van der Waals surface area contributed by atoms with E-state index in [0.29, 0.717) is 13.0 Å². The zero-order valence-electron chi connectivity index (χ0n) is 14.3. The van der Waals surface area contributed by atoms with E-state index in [1.54, 1.807) is 23.5 Å². The molecule has 1 heterocycles.